The van der Waals surface area contributed by atoms with Crippen LogP contribution >= 0.6 is 0 Å². The average molecular weight is 413 g/mol. The molecule has 0 rings (SSSR count). The minimum absolute atomic E-state index is 0.136. The first-order chi connectivity index (χ1) is 13.6. The summed E-state index contributed by atoms with van der Waals surface area (Å²) in [6.07, 6.45) is 12.3. The molecular weight excluding hydrogens is 360 g/mol. The molecule has 174 valence electrons. The lowest BCUT2D eigenvalue weighted by Gasteiger charge is -2.17. The maximum absolute atomic E-state index is 11.9. The maximum Gasteiger partial charge on any atom is 0.306 e. The summed E-state index contributed by atoms with van der Waals surface area (Å²) in [6, 6.07) is 0. The van der Waals surface area contributed by atoms with Gasteiger partial charge in [-0.3, -0.25) is 4.79 Å². The summed E-state index contributed by atoms with van der Waals surface area (Å²) in [7, 11) is 0. The van der Waals surface area contributed by atoms with E-state index in [1.807, 2.05) is 0 Å². The van der Waals surface area contributed by atoms with E-state index in [1.54, 1.807) is 0 Å². The summed E-state index contributed by atoms with van der Waals surface area (Å²) < 4.78 is 5.23. The van der Waals surface area contributed by atoms with Gasteiger partial charge in [-0.05, 0) is 36.0 Å². The first-order valence-corrected chi connectivity index (χ1v) is 12.4. The number of hydrogen-bond acceptors (Lipinski definition) is 3. The highest BCUT2D eigenvalue weighted by molar-refractivity contribution is 5.69. The van der Waals surface area contributed by atoms with E-state index in [9.17, 15) is 9.90 Å². The van der Waals surface area contributed by atoms with Crippen LogP contribution in [-0.2, 0) is 9.53 Å². The quantitative estimate of drug-likeness (QED) is 0.238. The molecule has 0 aliphatic rings. The van der Waals surface area contributed by atoms with E-state index in [0.717, 1.165) is 24.2 Å². The highest BCUT2D eigenvalue weighted by Gasteiger charge is 2.14. The summed E-state index contributed by atoms with van der Waals surface area (Å²) >= 11 is 0. The molecule has 0 aliphatic heterocycles. The van der Waals surface area contributed by atoms with Crippen molar-refractivity contribution in [3.8, 4) is 0 Å². The third-order valence-electron chi connectivity index (χ3n) is 5.96. The molecule has 0 radical (unpaired) electrons. The normalized spacial score (nSPS) is 16.1. The minimum atomic E-state index is -0.534. The standard InChI is InChI=1S/C26H52O3/c1-20(2)11-8-12-22(5)13-9-14-23(6)15-10-16-24(7)18-26(28)29-19-25(27)17-21(3)4/h20-25,27H,8-19H2,1-7H3. The van der Waals surface area contributed by atoms with Crippen LogP contribution in [0.25, 0.3) is 0 Å². The SMILES string of the molecule is CC(C)CCCC(C)CCCC(C)CCCC(C)CC(=O)OCC(O)CC(C)C. The Morgan fingerprint density at radius 3 is 1.59 bits per heavy atom. The van der Waals surface area contributed by atoms with Gasteiger partial charge in [-0.25, -0.2) is 0 Å². The molecule has 0 saturated carbocycles. The van der Waals surface area contributed by atoms with Gasteiger partial charge in [0.15, 0.2) is 0 Å². The van der Waals surface area contributed by atoms with E-state index < -0.39 is 6.10 Å². The number of aliphatic hydroxyl groups excluding tert-OH is 1. The third-order valence-corrected chi connectivity index (χ3v) is 5.96. The van der Waals surface area contributed by atoms with Gasteiger partial charge in [-0.2, -0.15) is 0 Å². The molecule has 3 heteroatoms. The molecule has 0 aromatic heterocycles. The molecule has 0 heterocycles. The lowest BCUT2D eigenvalue weighted by atomic mass is 9.91. The molecule has 0 aliphatic carbocycles. The molecule has 0 bridgehead atoms. The smallest absolute Gasteiger partial charge is 0.306 e. The Kier molecular flexibility index (Phi) is 16.8. The monoisotopic (exact) mass is 412 g/mol. The number of ether oxygens (including phenoxy) is 1. The zero-order valence-corrected chi connectivity index (χ0v) is 20.7. The molecule has 0 saturated heterocycles. The molecule has 0 spiro atoms. The predicted molar refractivity (Wildman–Crippen MR) is 125 cm³/mol. The van der Waals surface area contributed by atoms with Crippen LogP contribution in [0.3, 0.4) is 0 Å². The van der Waals surface area contributed by atoms with Crippen LogP contribution < -0.4 is 0 Å². The van der Waals surface area contributed by atoms with Crippen molar-refractivity contribution in [2.75, 3.05) is 6.61 Å². The average Bonchev–Trinajstić information content (AvgIpc) is 2.59. The van der Waals surface area contributed by atoms with Crippen LogP contribution in [0.15, 0.2) is 0 Å². The lowest BCUT2D eigenvalue weighted by molar-refractivity contribution is -0.148. The Balaban J connectivity index is 3.71. The van der Waals surface area contributed by atoms with Crippen LogP contribution in [0.5, 0.6) is 0 Å². The first kappa shape index (κ1) is 28.4. The van der Waals surface area contributed by atoms with E-state index in [0.29, 0.717) is 24.7 Å². The maximum atomic E-state index is 11.9. The van der Waals surface area contributed by atoms with Crippen molar-refractivity contribution in [1.82, 2.24) is 0 Å². The van der Waals surface area contributed by atoms with Crippen molar-refractivity contribution in [3.05, 3.63) is 0 Å². The zero-order chi connectivity index (χ0) is 22.2. The zero-order valence-electron chi connectivity index (χ0n) is 20.7. The van der Waals surface area contributed by atoms with Crippen molar-refractivity contribution < 1.29 is 14.6 Å². The van der Waals surface area contributed by atoms with Crippen molar-refractivity contribution in [3.63, 3.8) is 0 Å². The van der Waals surface area contributed by atoms with Crippen molar-refractivity contribution in [2.24, 2.45) is 29.6 Å². The van der Waals surface area contributed by atoms with Gasteiger partial charge in [-0.1, -0.05) is 106 Å². The highest BCUT2D eigenvalue weighted by Crippen LogP contribution is 2.22. The van der Waals surface area contributed by atoms with Gasteiger partial charge < -0.3 is 9.84 Å². The fraction of sp³-hybridized carbons (Fsp3) is 0.962. The van der Waals surface area contributed by atoms with E-state index in [2.05, 4.69) is 48.5 Å². The summed E-state index contributed by atoms with van der Waals surface area (Å²) in [5.74, 6) is 3.09. The van der Waals surface area contributed by atoms with Crippen LogP contribution in [0.4, 0.5) is 0 Å². The summed E-state index contributed by atoms with van der Waals surface area (Å²) in [6.45, 7) is 15.8. The second-order valence-corrected chi connectivity index (χ2v) is 10.7. The summed E-state index contributed by atoms with van der Waals surface area (Å²) in [5, 5.41) is 9.80. The van der Waals surface area contributed by atoms with E-state index >= 15 is 0 Å². The third kappa shape index (κ3) is 19.2. The lowest BCUT2D eigenvalue weighted by Crippen LogP contribution is -2.21. The van der Waals surface area contributed by atoms with Crippen LogP contribution in [0, 0.1) is 29.6 Å². The Labute approximate surface area is 182 Å². The van der Waals surface area contributed by atoms with Crippen molar-refractivity contribution in [1.29, 1.82) is 0 Å². The number of carbonyl (C=O) groups excluding carboxylic acids is 1. The summed E-state index contributed by atoms with van der Waals surface area (Å²) in [4.78, 5) is 11.9. The number of esters is 1. The van der Waals surface area contributed by atoms with Gasteiger partial charge >= 0.3 is 5.97 Å². The van der Waals surface area contributed by atoms with Gasteiger partial charge in [0, 0.05) is 6.42 Å². The van der Waals surface area contributed by atoms with Gasteiger partial charge in [0.25, 0.3) is 0 Å². The van der Waals surface area contributed by atoms with E-state index in [1.165, 1.54) is 51.4 Å². The van der Waals surface area contributed by atoms with Gasteiger partial charge in [0.05, 0.1) is 6.10 Å². The molecule has 1 N–H and O–H groups in total. The van der Waals surface area contributed by atoms with Gasteiger partial charge in [-0.15, -0.1) is 0 Å². The molecule has 4 atom stereocenters. The minimum Gasteiger partial charge on any atom is -0.463 e. The highest BCUT2D eigenvalue weighted by atomic mass is 16.5. The van der Waals surface area contributed by atoms with E-state index in [4.69, 9.17) is 4.74 Å². The number of hydrogen-bond donors (Lipinski definition) is 1. The Morgan fingerprint density at radius 1 is 0.690 bits per heavy atom. The predicted octanol–water partition coefficient (Wildman–Crippen LogP) is 7.40. The molecule has 0 fully saturated rings. The second kappa shape index (κ2) is 17.1. The number of rotatable bonds is 18. The van der Waals surface area contributed by atoms with Crippen LogP contribution in [0.2, 0.25) is 0 Å². The second-order valence-electron chi connectivity index (χ2n) is 10.7. The fourth-order valence-corrected chi connectivity index (χ4v) is 4.04. The van der Waals surface area contributed by atoms with Crippen LogP contribution in [-0.4, -0.2) is 23.8 Å². The number of carbonyl (C=O) groups is 1. The largest absolute Gasteiger partial charge is 0.463 e. The van der Waals surface area contributed by atoms with Crippen molar-refractivity contribution >= 4 is 5.97 Å². The van der Waals surface area contributed by atoms with Gasteiger partial charge in [0.1, 0.15) is 6.61 Å². The molecule has 0 aromatic rings. The number of aliphatic hydroxyl groups is 1. The summed E-state index contributed by atoms with van der Waals surface area (Å²) in [5.41, 5.74) is 0. The van der Waals surface area contributed by atoms with Gasteiger partial charge in [0.2, 0.25) is 0 Å². The topological polar surface area (TPSA) is 46.5 Å². The first-order valence-electron chi connectivity index (χ1n) is 12.4. The van der Waals surface area contributed by atoms with Crippen molar-refractivity contribution in [2.45, 2.75) is 125 Å². The Bertz CT molecular complexity index is 391. The van der Waals surface area contributed by atoms with E-state index in [-0.39, 0.29) is 12.6 Å². The molecule has 3 nitrogen and oxygen atoms in total. The molecule has 4 unspecified atom stereocenters. The Hall–Kier alpha value is -0.570. The molecule has 0 amide bonds. The van der Waals surface area contributed by atoms with Crippen LogP contribution in [0.1, 0.15) is 119 Å². The molecule has 0 aromatic carbocycles. The Morgan fingerprint density at radius 2 is 1.14 bits per heavy atom. The molecule has 29 heavy (non-hydrogen) atoms. The molecular formula is C26H52O3. The fourth-order valence-electron chi connectivity index (χ4n) is 4.04.